The van der Waals surface area contributed by atoms with E-state index in [2.05, 4.69) is 128 Å². The zero-order valence-electron chi connectivity index (χ0n) is 73.7. The van der Waals surface area contributed by atoms with Crippen molar-refractivity contribution >= 4 is 117 Å². The van der Waals surface area contributed by atoms with Gasteiger partial charge in [-0.1, -0.05) is 157 Å². The van der Waals surface area contributed by atoms with Crippen molar-refractivity contribution in [2.45, 2.75) is 233 Å². The summed E-state index contributed by atoms with van der Waals surface area (Å²) in [6, 6.07) is 35.5. The van der Waals surface area contributed by atoms with Crippen molar-refractivity contribution in [2.75, 3.05) is 91.3 Å². The van der Waals surface area contributed by atoms with Crippen molar-refractivity contribution in [1.29, 1.82) is 0 Å². The monoisotopic (exact) mass is 1790 g/mol. The van der Waals surface area contributed by atoms with Gasteiger partial charge < -0.3 is 67.4 Å². The number of thiazole rings is 3. The maximum Gasteiger partial charge on any atom is 0.274 e. The average Bonchev–Trinajstić information content (AvgIpc) is 1.57. The number of rotatable bonds is 34. The van der Waals surface area contributed by atoms with Crippen molar-refractivity contribution in [3.63, 3.8) is 0 Å². The first-order valence-electron chi connectivity index (χ1n) is 45.8. The molecule has 5 fully saturated rings. The van der Waals surface area contributed by atoms with Crippen LogP contribution in [0.2, 0.25) is 0 Å². The molecule has 9 aromatic heterocycles. The molecule has 0 unspecified atom stereocenters. The summed E-state index contributed by atoms with van der Waals surface area (Å²) in [5, 5.41) is 35.4. The van der Waals surface area contributed by atoms with Gasteiger partial charge >= 0.3 is 0 Å². The maximum absolute atomic E-state index is 13.6. The fourth-order valence-corrected chi connectivity index (χ4v) is 19.0. The van der Waals surface area contributed by atoms with E-state index in [1.54, 1.807) is 18.2 Å². The Labute approximate surface area is 763 Å². The Hall–Kier alpha value is -10.5. The van der Waals surface area contributed by atoms with Crippen LogP contribution in [0.15, 0.2) is 128 Å². The maximum atomic E-state index is 13.6. The Morgan fingerprint density at radius 1 is 0.422 bits per heavy atom. The van der Waals surface area contributed by atoms with Crippen LogP contribution >= 0.6 is 34.0 Å². The zero-order valence-corrected chi connectivity index (χ0v) is 76.1. The van der Waals surface area contributed by atoms with Crippen molar-refractivity contribution in [3.05, 3.63) is 179 Å². The number of benzene rings is 3. The minimum atomic E-state index is -0.286. The molecule has 3 saturated heterocycles. The summed E-state index contributed by atoms with van der Waals surface area (Å²) in [7, 11) is 1.90. The van der Waals surface area contributed by atoms with E-state index in [1.807, 2.05) is 105 Å². The lowest BCUT2D eigenvalue weighted by Gasteiger charge is -2.23. The largest absolute Gasteiger partial charge is 0.373 e. The van der Waals surface area contributed by atoms with Gasteiger partial charge in [-0.3, -0.25) is 14.4 Å². The van der Waals surface area contributed by atoms with Gasteiger partial charge in [0.1, 0.15) is 98.1 Å². The van der Waals surface area contributed by atoms with Crippen molar-refractivity contribution in [2.24, 2.45) is 5.92 Å². The molecule has 3 aromatic carbocycles. The number of unbranched alkanes of at least 4 members (excludes halogenated alkanes) is 2. The smallest absolute Gasteiger partial charge is 0.274 e. The first kappa shape index (κ1) is 93.7. The molecule has 12 aromatic rings. The van der Waals surface area contributed by atoms with Crippen molar-refractivity contribution in [3.8, 4) is 31.7 Å². The SMILES string of the molecule is C.CC(C)Cc1nc(NC2CCCCC2)cc(C(=O)Nc2ccccc2-c2nc3cc(COC4CCNCC4)cnc3s2)n1.CCCCc1nc(NC2CCCCC2)cc(C(=O)Nc2ccccc2-c2nc3cc(COC4CCNCC4)cnc3s2)n1.CCCCc1nc(NCCNC)cc(C(=O)Nc2ccccc2-c2nc3cc(COC4CCNCC4)cnc3s2)n1. The number of hydrogen-bond acceptors (Lipinski definition) is 28. The van der Waals surface area contributed by atoms with E-state index in [-0.39, 0.29) is 43.5 Å². The molecule has 2 saturated carbocycles. The number of aromatic nitrogens is 12. The first-order valence-corrected chi connectivity index (χ1v) is 48.2. The van der Waals surface area contributed by atoms with Gasteiger partial charge in [0.25, 0.3) is 17.7 Å². The highest BCUT2D eigenvalue weighted by Crippen LogP contribution is 2.39. The molecule has 128 heavy (non-hydrogen) atoms. The number of nitrogens with one attached hydrogen (secondary N) is 10. The third-order valence-electron chi connectivity index (χ3n) is 23.2. The number of anilines is 6. The predicted molar refractivity (Wildman–Crippen MR) is 516 cm³/mol. The van der Waals surface area contributed by atoms with Gasteiger partial charge in [0.2, 0.25) is 0 Å². The lowest BCUT2D eigenvalue weighted by atomic mass is 9.95. The Kier molecular flexibility index (Phi) is 34.9. The Morgan fingerprint density at radius 2 is 0.766 bits per heavy atom. The van der Waals surface area contributed by atoms with Gasteiger partial charge in [-0.25, -0.2) is 59.8 Å². The van der Waals surface area contributed by atoms with Gasteiger partial charge in [0.05, 0.1) is 55.2 Å². The Balaban J connectivity index is 0.000000155. The van der Waals surface area contributed by atoms with Gasteiger partial charge in [-0.15, -0.1) is 0 Å². The molecule has 5 aliphatic rings. The normalized spacial score (nSPS) is 15.5. The standard InChI is InChI=1S/2C33H41N7O2S.C30H38N8O2S.CH4/c1-21(2)16-29-37-27(18-30(40-29)36-23-8-4-3-5-9-23)31(41)38-26-11-7-6-10-25(26)32-39-28-17-22(19-35-33(28)43-32)20-42-24-12-14-34-15-13-24;1-2-3-13-29-37-27(19-30(40-29)36-23-9-5-4-6-10-23)31(41)38-26-12-8-7-11-25(26)32-39-28-18-22(20-35-33(28)43-32)21-42-24-14-16-34-17-15-24;1-3-4-9-26-35-24(17-27(38-26)33-15-14-31-2)28(39)36-23-8-6-5-7-22(23)29-37-25-16-20(18-34-30(25)41-29)19-40-21-10-12-32-13-11-21;/h6-7,10-11,17-19,21,23-24,34H,3-5,8-9,12-16,20H2,1-2H3,(H,38,41)(H,36,37,40);7-8,11-12,18-20,23-24,34H,2-6,9-10,13-17,21H2,1H3,(H,38,41)(H,36,37,40);5-8,16-18,21,31-32H,3-4,9-15,19H2,1-2H3,(H,36,39)(H,33,35,38);1H4. The van der Waals surface area contributed by atoms with Crippen LogP contribution in [0.1, 0.15) is 229 Å². The molecule has 0 bridgehead atoms. The molecule has 10 N–H and O–H groups in total. The summed E-state index contributed by atoms with van der Waals surface area (Å²) < 4.78 is 18.4. The van der Waals surface area contributed by atoms with E-state index < -0.39 is 0 Å². The Bertz CT molecular complexity index is 5600. The van der Waals surface area contributed by atoms with E-state index in [4.69, 9.17) is 39.1 Å². The number of ether oxygens (including phenoxy) is 3. The molecule has 2 aliphatic carbocycles. The number of carbonyl (C=O) groups excluding carboxylic acids is 3. The second-order valence-corrected chi connectivity index (χ2v) is 36.7. The molecule has 3 amide bonds. The highest BCUT2D eigenvalue weighted by Gasteiger charge is 2.26. The van der Waals surface area contributed by atoms with Gasteiger partial charge in [0.15, 0.2) is 0 Å². The molecule has 12 heterocycles. The number of piperidine rings is 3. The number of likely N-dealkylation sites (N-methyl/N-ethyl adjacent to an activating group) is 1. The number of hydrogen-bond donors (Lipinski definition) is 10. The van der Waals surface area contributed by atoms with E-state index in [0.29, 0.717) is 108 Å². The summed E-state index contributed by atoms with van der Waals surface area (Å²) in [6.07, 6.45) is 30.9. The fourth-order valence-electron chi connectivity index (χ4n) is 16.3. The number of para-hydroxylation sites is 3. The van der Waals surface area contributed by atoms with Crippen LogP contribution in [0.25, 0.3) is 62.8 Å². The van der Waals surface area contributed by atoms with Crippen LogP contribution in [0, 0.1) is 5.92 Å². The lowest BCUT2D eigenvalue weighted by Crippen LogP contribution is -2.32. The summed E-state index contributed by atoms with van der Waals surface area (Å²) in [4.78, 5) is 100.0. The van der Waals surface area contributed by atoms with Gasteiger partial charge in [-0.2, -0.15) is 0 Å². The topological polar surface area (TPSA) is 354 Å². The molecule has 3 aliphatic heterocycles. The van der Waals surface area contributed by atoms with Crippen LogP contribution < -0.4 is 53.2 Å². The van der Waals surface area contributed by atoms with Crippen LogP contribution in [-0.4, -0.2) is 167 Å². The van der Waals surface area contributed by atoms with E-state index in [0.717, 1.165) is 240 Å². The number of pyridine rings is 3. The highest BCUT2D eigenvalue weighted by atomic mass is 32.1. The number of amides is 3. The fraction of sp³-hybridized carbons (Fsp3) is 0.474. The average molecular weight is 1790 g/mol. The number of carbonyl (C=O) groups is 3. The third-order valence-corrected chi connectivity index (χ3v) is 26.2. The second kappa shape index (κ2) is 47.7. The number of aryl methyl sites for hydroxylation is 2. The second-order valence-electron chi connectivity index (χ2n) is 33.8. The molecule has 676 valence electrons. The van der Waals surface area contributed by atoms with Crippen LogP contribution in [0.5, 0.6) is 0 Å². The molecule has 0 radical (unpaired) electrons. The summed E-state index contributed by atoms with van der Waals surface area (Å²) in [6.45, 7) is 17.6. The van der Waals surface area contributed by atoms with Crippen LogP contribution in [0.4, 0.5) is 34.5 Å². The summed E-state index contributed by atoms with van der Waals surface area (Å²) in [5.74, 6) is 3.76. The summed E-state index contributed by atoms with van der Waals surface area (Å²) in [5.41, 5.74) is 11.2. The summed E-state index contributed by atoms with van der Waals surface area (Å²) >= 11 is 4.54. The molecule has 0 atom stereocenters. The molecular weight excluding hydrogens is 1670 g/mol. The van der Waals surface area contributed by atoms with Crippen LogP contribution in [-0.2, 0) is 53.3 Å². The lowest BCUT2D eigenvalue weighted by molar-refractivity contribution is 0.0210. The Morgan fingerprint density at radius 3 is 1.12 bits per heavy atom. The number of nitrogens with zero attached hydrogens (tertiary/aromatic N) is 12. The quantitative estimate of drug-likeness (QED) is 0.0167. The first-order chi connectivity index (χ1) is 62.3. The van der Waals surface area contributed by atoms with Crippen LogP contribution in [0.3, 0.4) is 0 Å². The molecule has 31 heteroatoms. The molecule has 17 rings (SSSR count). The molecule has 28 nitrogen and oxygen atoms in total. The third kappa shape index (κ3) is 26.9. The minimum absolute atomic E-state index is 0. The van der Waals surface area contributed by atoms with Crippen molar-refractivity contribution < 1.29 is 28.6 Å². The molecule has 0 spiro atoms. The van der Waals surface area contributed by atoms with E-state index >= 15 is 0 Å². The number of fused-ring (bicyclic) bond motifs is 3. The van der Waals surface area contributed by atoms with E-state index in [1.165, 1.54) is 72.5 Å². The zero-order chi connectivity index (χ0) is 87.5. The van der Waals surface area contributed by atoms with E-state index in [9.17, 15) is 14.4 Å². The van der Waals surface area contributed by atoms with Gasteiger partial charge in [0, 0.05) is 97.9 Å². The highest BCUT2D eigenvalue weighted by molar-refractivity contribution is 7.22. The predicted octanol–water partition coefficient (Wildman–Crippen LogP) is 18.6. The van der Waals surface area contributed by atoms with Gasteiger partial charge in [-0.05, 0) is 201 Å². The minimum Gasteiger partial charge on any atom is -0.373 e. The van der Waals surface area contributed by atoms with Crippen molar-refractivity contribution in [1.82, 2.24) is 81.1 Å². The molecular formula is C97H124N22O6S3.